The molecule has 2 aliphatic rings. The highest BCUT2D eigenvalue weighted by Crippen LogP contribution is 2.30. The van der Waals surface area contributed by atoms with Crippen molar-refractivity contribution in [3.63, 3.8) is 0 Å². The molecule has 2 aromatic heterocycles. The minimum atomic E-state index is 0. The summed E-state index contributed by atoms with van der Waals surface area (Å²) in [4.78, 5) is 24.1. The second-order valence-electron chi connectivity index (χ2n) is 6.92. The predicted molar refractivity (Wildman–Crippen MR) is 114 cm³/mol. The van der Waals surface area contributed by atoms with Gasteiger partial charge in [0.1, 0.15) is 5.82 Å². The van der Waals surface area contributed by atoms with Crippen LogP contribution in [0.15, 0.2) is 22.8 Å². The molecule has 0 aromatic carbocycles. The van der Waals surface area contributed by atoms with Gasteiger partial charge in [-0.05, 0) is 37.9 Å². The van der Waals surface area contributed by atoms with E-state index in [2.05, 4.69) is 15.5 Å². The van der Waals surface area contributed by atoms with Crippen molar-refractivity contribution in [2.24, 2.45) is 5.92 Å². The Morgan fingerprint density at radius 1 is 1.29 bits per heavy atom. The third-order valence-electron chi connectivity index (χ3n) is 5.24. The van der Waals surface area contributed by atoms with Crippen molar-refractivity contribution in [1.29, 1.82) is 0 Å². The smallest absolute Gasteiger partial charge is 0.224 e. The number of nitrogens with one attached hydrogen (secondary N) is 2. The first-order valence-corrected chi connectivity index (χ1v) is 9.37. The first-order chi connectivity index (χ1) is 12.8. The van der Waals surface area contributed by atoms with Gasteiger partial charge >= 0.3 is 0 Å². The molecule has 1 fully saturated rings. The third kappa shape index (κ3) is 4.59. The monoisotopic (exact) mass is 427 g/mol. The molecule has 7 nitrogen and oxygen atoms in total. The molecule has 4 rings (SSSR count). The summed E-state index contributed by atoms with van der Waals surface area (Å²) in [7, 11) is 1.71. The highest BCUT2D eigenvalue weighted by molar-refractivity contribution is 5.85. The van der Waals surface area contributed by atoms with Gasteiger partial charge in [-0.2, -0.15) is 0 Å². The van der Waals surface area contributed by atoms with Crippen molar-refractivity contribution in [2.45, 2.75) is 25.7 Å². The fourth-order valence-corrected chi connectivity index (χ4v) is 3.89. The van der Waals surface area contributed by atoms with E-state index < -0.39 is 0 Å². The molecule has 4 heterocycles. The highest BCUT2D eigenvalue weighted by Gasteiger charge is 2.29. The zero-order valence-electron chi connectivity index (χ0n) is 15.9. The normalized spacial score (nSPS) is 18.9. The summed E-state index contributed by atoms with van der Waals surface area (Å²) in [6.07, 6.45) is 5.35. The van der Waals surface area contributed by atoms with Gasteiger partial charge in [-0.15, -0.1) is 24.8 Å². The Kier molecular flexibility index (Phi) is 8.10. The lowest BCUT2D eigenvalue weighted by atomic mass is 9.96. The molecule has 1 saturated heterocycles. The maximum absolute atomic E-state index is 12.1. The van der Waals surface area contributed by atoms with E-state index in [1.165, 1.54) is 5.56 Å². The van der Waals surface area contributed by atoms with E-state index in [-0.39, 0.29) is 36.6 Å². The van der Waals surface area contributed by atoms with Crippen molar-refractivity contribution >= 4 is 36.5 Å². The predicted octanol–water partition coefficient (Wildman–Crippen LogP) is 2.23. The van der Waals surface area contributed by atoms with Gasteiger partial charge in [-0.25, -0.2) is 9.97 Å². The van der Waals surface area contributed by atoms with E-state index in [1.807, 2.05) is 12.1 Å². The van der Waals surface area contributed by atoms with Crippen LogP contribution in [0.1, 0.15) is 24.1 Å². The van der Waals surface area contributed by atoms with Gasteiger partial charge in [0.2, 0.25) is 5.91 Å². The van der Waals surface area contributed by atoms with Crippen LogP contribution < -0.4 is 15.5 Å². The Morgan fingerprint density at radius 2 is 2.11 bits per heavy atom. The molecule has 2 aromatic rings. The molecule has 1 amide bonds. The number of hydrogen-bond donors (Lipinski definition) is 2. The lowest BCUT2D eigenvalue weighted by Crippen LogP contribution is -2.43. The molecule has 0 saturated carbocycles. The Labute approximate surface area is 177 Å². The number of rotatable bonds is 3. The Bertz CT molecular complexity index is 785. The SMILES string of the molecule is CNC(=O)C1CCCN(c2nc(-c3ccco3)nc3c2CCNCC3)C1.Cl.Cl. The van der Waals surface area contributed by atoms with Crippen LogP contribution in [0.2, 0.25) is 0 Å². The van der Waals surface area contributed by atoms with Crippen LogP contribution in [0.4, 0.5) is 5.82 Å². The third-order valence-corrected chi connectivity index (χ3v) is 5.24. The summed E-state index contributed by atoms with van der Waals surface area (Å²) >= 11 is 0. The topological polar surface area (TPSA) is 83.3 Å². The number of fused-ring (bicyclic) bond motifs is 1. The van der Waals surface area contributed by atoms with Crippen LogP contribution in [0.25, 0.3) is 11.6 Å². The van der Waals surface area contributed by atoms with Gasteiger partial charge in [0.15, 0.2) is 11.6 Å². The molecule has 1 atom stereocenters. The average molecular weight is 428 g/mol. The number of nitrogens with zero attached hydrogens (tertiary/aromatic N) is 3. The maximum Gasteiger partial charge on any atom is 0.224 e. The maximum atomic E-state index is 12.1. The number of carbonyl (C=O) groups is 1. The molecule has 0 aliphatic carbocycles. The van der Waals surface area contributed by atoms with E-state index >= 15 is 0 Å². The molecule has 2 aliphatic heterocycles. The molecule has 2 N–H and O–H groups in total. The van der Waals surface area contributed by atoms with E-state index in [0.717, 1.165) is 56.8 Å². The molecule has 154 valence electrons. The van der Waals surface area contributed by atoms with Gasteiger partial charge in [0.25, 0.3) is 0 Å². The minimum absolute atomic E-state index is 0. The van der Waals surface area contributed by atoms with Gasteiger partial charge < -0.3 is 20.0 Å². The lowest BCUT2D eigenvalue weighted by molar-refractivity contribution is -0.124. The van der Waals surface area contributed by atoms with Crippen LogP contribution in [0, 0.1) is 5.92 Å². The number of halogens is 2. The minimum Gasteiger partial charge on any atom is -0.461 e. The van der Waals surface area contributed by atoms with E-state index in [0.29, 0.717) is 18.1 Å². The highest BCUT2D eigenvalue weighted by atomic mass is 35.5. The fraction of sp³-hybridized carbons (Fsp3) is 0.526. The standard InChI is InChI=1S/C19H25N5O2.2ClH/c1-20-19(25)13-4-2-10-24(12-13)18-14-6-8-21-9-7-15(14)22-17(23-18)16-5-3-11-26-16;;/h3,5,11,13,21H,2,4,6-10,12H2,1H3,(H,20,25);2*1H. The molecular formula is C19H27Cl2N5O2. The lowest BCUT2D eigenvalue weighted by Gasteiger charge is -2.34. The number of carbonyl (C=O) groups excluding carboxylic acids is 1. The zero-order valence-corrected chi connectivity index (χ0v) is 17.6. The number of aromatic nitrogens is 2. The van der Waals surface area contributed by atoms with Gasteiger partial charge in [0, 0.05) is 38.7 Å². The van der Waals surface area contributed by atoms with E-state index in [1.54, 1.807) is 13.3 Å². The van der Waals surface area contributed by atoms with Crippen molar-refractivity contribution in [1.82, 2.24) is 20.6 Å². The molecule has 0 bridgehead atoms. The van der Waals surface area contributed by atoms with Crippen LogP contribution in [-0.4, -0.2) is 49.1 Å². The number of piperidine rings is 1. The summed E-state index contributed by atoms with van der Waals surface area (Å²) < 4.78 is 5.54. The zero-order chi connectivity index (χ0) is 17.9. The number of furan rings is 1. The number of hydrogen-bond acceptors (Lipinski definition) is 6. The summed E-state index contributed by atoms with van der Waals surface area (Å²) in [5, 5.41) is 6.23. The van der Waals surface area contributed by atoms with Crippen molar-refractivity contribution in [3.05, 3.63) is 29.7 Å². The quantitative estimate of drug-likeness (QED) is 0.780. The van der Waals surface area contributed by atoms with Crippen molar-refractivity contribution in [2.75, 3.05) is 38.1 Å². The molecular weight excluding hydrogens is 401 g/mol. The van der Waals surface area contributed by atoms with Crippen molar-refractivity contribution in [3.8, 4) is 11.6 Å². The van der Waals surface area contributed by atoms with Crippen molar-refractivity contribution < 1.29 is 9.21 Å². The van der Waals surface area contributed by atoms with Gasteiger partial charge in [-0.3, -0.25) is 4.79 Å². The van der Waals surface area contributed by atoms with Gasteiger partial charge in [-0.1, -0.05) is 0 Å². The summed E-state index contributed by atoms with van der Waals surface area (Å²) in [6, 6.07) is 3.75. The van der Waals surface area contributed by atoms with Crippen LogP contribution in [-0.2, 0) is 17.6 Å². The number of anilines is 1. The molecule has 1 unspecified atom stereocenters. The van der Waals surface area contributed by atoms with Crippen LogP contribution in [0.5, 0.6) is 0 Å². The molecule has 0 spiro atoms. The largest absolute Gasteiger partial charge is 0.461 e. The summed E-state index contributed by atoms with van der Waals surface area (Å²) in [6.45, 7) is 3.47. The second-order valence-corrected chi connectivity index (χ2v) is 6.92. The Hall–Kier alpha value is -1.83. The van der Waals surface area contributed by atoms with Crippen LogP contribution in [0.3, 0.4) is 0 Å². The van der Waals surface area contributed by atoms with Gasteiger partial charge in [0.05, 0.1) is 17.9 Å². The first kappa shape index (κ1) is 22.5. The molecule has 9 heteroatoms. The van der Waals surface area contributed by atoms with E-state index in [9.17, 15) is 4.79 Å². The van der Waals surface area contributed by atoms with Crippen LogP contribution >= 0.6 is 24.8 Å². The fourth-order valence-electron chi connectivity index (χ4n) is 3.89. The second kappa shape index (κ2) is 10.1. The number of amides is 1. The average Bonchev–Trinajstić information content (AvgIpc) is 3.12. The Balaban J connectivity index is 0.00000140. The summed E-state index contributed by atoms with van der Waals surface area (Å²) in [5.41, 5.74) is 2.30. The summed E-state index contributed by atoms with van der Waals surface area (Å²) in [5.74, 6) is 2.41. The first-order valence-electron chi connectivity index (χ1n) is 9.37. The Morgan fingerprint density at radius 3 is 2.86 bits per heavy atom. The van der Waals surface area contributed by atoms with E-state index in [4.69, 9.17) is 14.4 Å². The molecule has 28 heavy (non-hydrogen) atoms. The molecule has 0 radical (unpaired) electrons.